The predicted molar refractivity (Wildman–Crippen MR) is 126 cm³/mol. The van der Waals surface area contributed by atoms with Crippen LogP contribution in [0.25, 0.3) is 10.4 Å². The number of methoxy groups -OCH3 is 1. The summed E-state index contributed by atoms with van der Waals surface area (Å²) in [6.45, 7) is 2.63. The average Bonchev–Trinajstić information content (AvgIpc) is 3.17. The minimum atomic E-state index is -4.51. The van der Waals surface area contributed by atoms with Gasteiger partial charge in [0.25, 0.3) is 16.0 Å². The molecular weight excluding hydrogens is 448 g/mol. The summed E-state index contributed by atoms with van der Waals surface area (Å²) in [6.07, 6.45) is 4.25. The fourth-order valence-electron chi connectivity index (χ4n) is 3.31. The fraction of sp³-hybridized carbons (Fsp3) is 0.304. The van der Waals surface area contributed by atoms with E-state index in [-0.39, 0.29) is 5.56 Å². The van der Waals surface area contributed by atoms with Crippen LogP contribution in [-0.4, -0.2) is 31.0 Å². The van der Waals surface area contributed by atoms with E-state index in [1.54, 1.807) is 30.6 Å². The van der Waals surface area contributed by atoms with Gasteiger partial charge in [-0.1, -0.05) is 44.0 Å². The highest BCUT2D eigenvalue weighted by atomic mass is 32.2. The molecule has 3 aromatic rings. The highest BCUT2D eigenvalue weighted by Crippen LogP contribution is 2.33. The Hall–Kier alpha value is -2.59. The Bertz CT molecular complexity index is 1170. The van der Waals surface area contributed by atoms with Crippen LogP contribution in [0.4, 0.5) is 5.69 Å². The number of hydrogen-bond acceptors (Lipinski definition) is 6. The van der Waals surface area contributed by atoms with Crippen molar-refractivity contribution >= 4 is 33.0 Å². The van der Waals surface area contributed by atoms with Crippen molar-refractivity contribution in [3.63, 3.8) is 0 Å². The van der Waals surface area contributed by atoms with Crippen LogP contribution in [0.5, 0.6) is 0 Å². The molecule has 9 heteroatoms. The molecule has 32 heavy (non-hydrogen) atoms. The van der Waals surface area contributed by atoms with Gasteiger partial charge in [0.05, 0.1) is 22.7 Å². The Balaban J connectivity index is 1.81. The number of ether oxygens (including phenoxy) is 1. The third-order valence-electron chi connectivity index (χ3n) is 4.84. The van der Waals surface area contributed by atoms with Crippen molar-refractivity contribution in [2.24, 2.45) is 0 Å². The molecule has 0 unspecified atom stereocenters. The summed E-state index contributed by atoms with van der Waals surface area (Å²) in [5.41, 5.74) is 2.43. The van der Waals surface area contributed by atoms with Crippen molar-refractivity contribution in [1.29, 1.82) is 0 Å². The summed E-state index contributed by atoms with van der Waals surface area (Å²) in [5, 5.41) is 3.61. The lowest BCUT2D eigenvalue weighted by atomic mass is 10.1. The van der Waals surface area contributed by atoms with Crippen LogP contribution in [0.3, 0.4) is 0 Å². The first-order valence-corrected chi connectivity index (χ1v) is 12.5. The minimum Gasteiger partial charge on any atom is -0.378 e. The van der Waals surface area contributed by atoms with Crippen LogP contribution in [0, 0.1) is 0 Å². The normalized spacial score (nSPS) is 11.5. The molecule has 1 heterocycles. The van der Waals surface area contributed by atoms with Gasteiger partial charge in [-0.05, 0) is 42.7 Å². The maximum Gasteiger partial charge on any atom is 0.295 e. The average molecular weight is 475 g/mol. The SMILES string of the molecule is CCCCCc1nc(COC)sc1-c1ccc(NC(=O)c2ccccc2S(=O)(=O)O)cc1. The standard InChI is InChI=1S/C23H26N2O5S2/c1-3-4-5-9-19-22(31-21(25-19)15-30-2)16-11-13-17(14-12-16)24-23(26)18-8-6-7-10-20(18)32(27,28)29/h6-8,10-14H,3-5,9,15H2,1-2H3,(H,24,26)(H,27,28,29). The van der Waals surface area contributed by atoms with E-state index in [0.29, 0.717) is 12.3 Å². The van der Waals surface area contributed by atoms with Gasteiger partial charge in [0.1, 0.15) is 9.90 Å². The Labute approximate surface area is 192 Å². The number of carbonyl (C=O) groups is 1. The van der Waals surface area contributed by atoms with Gasteiger partial charge in [-0.15, -0.1) is 11.3 Å². The van der Waals surface area contributed by atoms with Crippen LogP contribution < -0.4 is 5.32 Å². The second kappa shape index (κ2) is 10.8. The topological polar surface area (TPSA) is 106 Å². The van der Waals surface area contributed by atoms with Crippen LogP contribution >= 0.6 is 11.3 Å². The van der Waals surface area contributed by atoms with Crippen molar-refractivity contribution < 1.29 is 22.5 Å². The molecule has 3 rings (SSSR count). The summed E-state index contributed by atoms with van der Waals surface area (Å²) in [4.78, 5) is 18.0. The van der Waals surface area contributed by atoms with Gasteiger partial charge < -0.3 is 10.1 Å². The molecule has 2 N–H and O–H groups in total. The molecular formula is C23H26N2O5S2. The van der Waals surface area contributed by atoms with Gasteiger partial charge in [-0.25, -0.2) is 4.98 Å². The summed E-state index contributed by atoms with van der Waals surface area (Å²) in [6, 6.07) is 12.8. The summed E-state index contributed by atoms with van der Waals surface area (Å²) < 4.78 is 37.7. The molecule has 0 saturated heterocycles. The second-order valence-electron chi connectivity index (χ2n) is 7.28. The van der Waals surface area contributed by atoms with E-state index in [1.165, 1.54) is 24.3 Å². The van der Waals surface area contributed by atoms with Gasteiger partial charge in [0, 0.05) is 12.8 Å². The highest BCUT2D eigenvalue weighted by molar-refractivity contribution is 7.86. The minimum absolute atomic E-state index is 0.121. The monoisotopic (exact) mass is 474 g/mol. The highest BCUT2D eigenvalue weighted by Gasteiger charge is 2.20. The molecule has 0 aliphatic carbocycles. The van der Waals surface area contributed by atoms with E-state index in [2.05, 4.69) is 12.2 Å². The Kier molecular flexibility index (Phi) is 8.14. The molecule has 0 radical (unpaired) electrons. The number of carbonyl (C=O) groups excluding carboxylic acids is 1. The third-order valence-corrected chi connectivity index (χ3v) is 6.87. The molecule has 1 amide bonds. The molecule has 0 saturated carbocycles. The Morgan fingerprint density at radius 1 is 1.12 bits per heavy atom. The van der Waals surface area contributed by atoms with Gasteiger partial charge in [0.15, 0.2) is 0 Å². The number of anilines is 1. The molecule has 0 bridgehead atoms. The zero-order valence-corrected chi connectivity index (χ0v) is 19.6. The molecule has 7 nitrogen and oxygen atoms in total. The zero-order chi connectivity index (χ0) is 23.1. The van der Waals surface area contributed by atoms with Gasteiger partial charge in [0.2, 0.25) is 0 Å². The van der Waals surface area contributed by atoms with E-state index < -0.39 is 20.9 Å². The number of unbranched alkanes of at least 4 members (excludes halogenated alkanes) is 2. The second-order valence-corrected chi connectivity index (χ2v) is 9.75. The van der Waals surface area contributed by atoms with E-state index in [9.17, 15) is 17.8 Å². The van der Waals surface area contributed by atoms with Crippen LogP contribution in [0.1, 0.15) is 47.2 Å². The quantitative estimate of drug-likeness (QED) is 0.309. The van der Waals surface area contributed by atoms with Gasteiger partial charge in [-0.3, -0.25) is 9.35 Å². The Morgan fingerprint density at radius 2 is 1.84 bits per heavy atom. The molecule has 170 valence electrons. The molecule has 0 atom stereocenters. The first kappa shape index (κ1) is 24.1. The third kappa shape index (κ3) is 6.01. The number of thiazole rings is 1. The number of aromatic nitrogens is 1. The number of nitrogens with one attached hydrogen (secondary N) is 1. The first-order valence-electron chi connectivity index (χ1n) is 10.3. The van der Waals surface area contributed by atoms with E-state index in [0.717, 1.165) is 46.8 Å². The maximum absolute atomic E-state index is 12.6. The summed E-state index contributed by atoms with van der Waals surface area (Å²) in [5.74, 6) is -0.619. The number of aryl methyl sites for hydroxylation is 1. The zero-order valence-electron chi connectivity index (χ0n) is 18.0. The maximum atomic E-state index is 12.6. The van der Waals surface area contributed by atoms with Crippen molar-refractivity contribution in [1.82, 2.24) is 4.98 Å². The number of rotatable bonds is 10. The van der Waals surface area contributed by atoms with E-state index in [4.69, 9.17) is 9.72 Å². The summed E-state index contributed by atoms with van der Waals surface area (Å²) >= 11 is 1.60. The lowest BCUT2D eigenvalue weighted by molar-refractivity contribution is 0.102. The van der Waals surface area contributed by atoms with Gasteiger partial charge in [-0.2, -0.15) is 8.42 Å². The smallest absolute Gasteiger partial charge is 0.295 e. The number of amides is 1. The molecule has 0 spiro atoms. The van der Waals surface area contributed by atoms with Gasteiger partial charge >= 0.3 is 0 Å². The van der Waals surface area contributed by atoms with Crippen molar-refractivity contribution in [2.75, 3.05) is 12.4 Å². The van der Waals surface area contributed by atoms with E-state index in [1.807, 2.05) is 12.1 Å². The molecule has 0 aliphatic rings. The largest absolute Gasteiger partial charge is 0.378 e. The summed E-state index contributed by atoms with van der Waals surface area (Å²) in [7, 11) is -2.86. The molecule has 1 aromatic heterocycles. The van der Waals surface area contributed by atoms with Crippen molar-refractivity contribution in [2.45, 2.75) is 44.1 Å². The van der Waals surface area contributed by atoms with Crippen LogP contribution in [0.15, 0.2) is 53.4 Å². The first-order chi connectivity index (χ1) is 15.3. The molecule has 0 aliphatic heterocycles. The lowest BCUT2D eigenvalue weighted by Crippen LogP contribution is -2.16. The van der Waals surface area contributed by atoms with Crippen LogP contribution in [-0.2, 0) is 27.9 Å². The number of nitrogens with zero attached hydrogens (tertiary/aromatic N) is 1. The van der Waals surface area contributed by atoms with E-state index >= 15 is 0 Å². The van der Waals surface area contributed by atoms with Crippen molar-refractivity contribution in [3.05, 3.63) is 64.8 Å². The van der Waals surface area contributed by atoms with Crippen LogP contribution in [0.2, 0.25) is 0 Å². The predicted octanol–water partition coefficient (Wildman–Crippen LogP) is 5.19. The molecule has 0 fully saturated rings. The lowest BCUT2D eigenvalue weighted by Gasteiger charge is -2.09. The number of benzene rings is 2. The number of hydrogen-bond donors (Lipinski definition) is 2. The Morgan fingerprint density at radius 3 is 2.50 bits per heavy atom. The fourth-order valence-corrected chi connectivity index (χ4v) is 5.08. The van der Waals surface area contributed by atoms with Crippen molar-refractivity contribution in [3.8, 4) is 10.4 Å². The molecule has 2 aromatic carbocycles.